The lowest BCUT2D eigenvalue weighted by atomic mass is 10.0. The number of unbranched alkanes of at least 4 members (excludes halogenated alkanes) is 7. The van der Waals surface area contributed by atoms with Crippen molar-refractivity contribution in [3.8, 4) is 5.88 Å². The number of piperazine rings is 1. The van der Waals surface area contributed by atoms with Crippen LogP contribution in [0.15, 0.2) is 54.6 Å². The molecule has 0 saturated carbocycles. The number of amides is 2. The number of rotatable bonds is 15. The van der Waals surface area contributed by atoms with E-state index < -0.39 is 0 Å². The summed E-state index contributed by atoms with van der Waals surface area (Å²) < 4.78 is 6.00. The predicted octanol–water partition coefficient (Wildman–Crippen LogP) is 7.16. The number of nitrogens with zero attached hydrogens (tertiary/aromatic N) is 4. The maximum Gasteiger partial charge on any atom is 0.235 e. The van der Waals surface area contributed by atoms with Crippen LogP contribution >= 0.6 is 0 Å². The first-order valence-corrected chi connectivity index (χ1v) is 16.6. The molecule has 1 saturated heterocycles. The van der Waals surface area contributed by atoms with Crippen LogP contribution < -0.4 is 14.5 Å². The Labute approximate surface area is 257 Å². The number of aromatic nitrogens is 1. The molecular weight excluding hydrogens is 536 g/mol. The lowest BCUT2D eigenvalue weighted by molar-refractivity contribution is -0.127. The second kappa shape index (κ2) is 15.9. The van der Waals surface area contributed by atoms with Crippen LogP contribution in [0.1, 0.15) is 83.1 Å². The number of anilines is 2. The van der Waals surface area contributed by atoms with Crippen LogP contribution in [-0.2, 0) is 16.0 Å². The van der Waals surface area contributed by atoms with E-state index in [1.54, 1.807) is 0 Å². The van der Waals surface area contributed by atoms with Gasteiger partial charge in [-0.1, -0.05) is 81.8 Å². The third-order valence-corrected chi connectivity index (χ3v) is 8.84. The normalized spacial score (nSPS) is 15.6. The molecule has 7 nitrogen and oxygen atoms in total. The van der Waals surface area contributed by atoms with Gasteiger partial charge in [0.2, 0.25) is 17.7 Å². The van der Waals surface area contributed by atoms with E-state index >= 15 is 0 Å². The molecule has 1 fully saturated rings. The highest BCUT2D eigenvalue weighted by Crippen LogP contribution is 2.30. The topological polar surface area (TPSA) is 66.0 Å². The molecule has 2 aliphatic heterocycles. The summed E-state index contributed by atoms with van der Waals surface area (Å²) in [6, 6.07) is 19.1. The number of imide groups is 1. The van der Waals surface area contributed by atoms with Crippen LogP contribution in [-0.4, -0.2) is 61.0 Å². The third-order valence-electron chi connectivity index (χ3n) is 8.84. The van der Waals surface area contributed by atoms with Gasteiger partial charge in [-0.15, -0.1) is 0 Å². The Bertz CT molecular complexity index is 1350. The first-order chi connectivity index (χ1) is 21.1. The van der Waals surface area contributed by atoms with Gasteiger partial charge in [0.25, 0.3) is 0 Å². The number of hydrogen-bond acceptors (Lipinski definition) is 6. The largest absolute Gasteiger partial charge is 0.478 e. The summed E-state index contributed by atoms with van der Waals surface area (Å²) in [7, 11) is 0. The van der Waals surface area contributed by atoms with Crippen molar-refractivity contribution in [2.75, 3.05) is 49.1 Å². The van der Waals surface area contributed by atoms with Crippen molar-refractivity contribution >= 4 is 34.1 Å². The zero-order chi connectivity index (χ0) is 29.9. The molecule has 0 bridgehead atoms. The number of fused-ring (bicyclic) bond motifs is 2. The van der Waals surface area contributed by atoms with Crippen molar-refractivity contribution in [3.63, 3.8) is 0 Å². The lowest BCUT2D eigenvalue weighted by Gasteiger charge is -2.36. The van der Waals surface area contributed by atoms with E-state index in [1.165, 1.54) is 47.0 Å². The minimum atomic E-state index is -0.148. The van der Waals surface area contributed by atoms with E-state index in [0.717, 1.165) is 70.4 Å². The minimum Gasteiger partial charge on any atom is -0.478 e. The maximum atomic E-state index is 13.0. The summed E-state index contributed by atoms with van der Waals surface area (Å²) >= 11 is 0. The fraction of sp³-hybridized carbons (Fsp3) is 0.528. The second-order valence-corrected chi connectivity index (χ2v) is 12.0. The van der Waals surface area contributed by atoms with Gasteiger partial charge in [-0.05, 0) is 55.3 Å². The summed E-state index contributed by atoms with van der Waals surface area (Å²) in [5, 5.41) is 2.63. The smallest absolute Gasteiger partial charge is 0.235 e. The van der Waals surface area contributed by atoms with Crippen molar-refractivity contribution in [2.45, 2.75) is 84.0 Å². The molecule has 7 heteroatoms. The number of ether oxygens (including phenoxy) is 1. The van der Waals surface area contributed by atoms with E-state index in [2.05, 4.69) is 64.2 Å². The molecule has 0 spiro atoms. The maximum absolute atomic E-state index is 13.0. The number of carbonyl (C=O) groups excluding carboxylic acids is 2. The van der Waals surface area contributed by atoms with Gasteiger partial charge in [-0.25, -0.2) is 4.90 Å². The summed E-state index contributed by atoms with van der Waals surface area (Å²) in [4.78, 5) is 36.8. The molecule has 3 heterocycles. The van der Waals surface area contributed by atoms with Crippen molar-refractivity contribution < 1.29 is 14.3 Å². The lowest BCUT2D eigenvalue weighted by Crippen LogP contribution is -2.46. The number of aryl methyl sites for hydroxylation is 1. The molecule has 0 unspecified atom stereocenters. The molecule has 0 aliphatic carbocycles. The van der Waals surface area contributed by atoms with E-state index in [0.29, 0.717) is 37.6 Å². The monoisotopic (exact) mass is 584 g/mol. The van der Waals surface area contributed by atoms with Gasteiger partial charge in [0, 0.05) is 56.2 Å². The zero-order valence-electron chi connectivity index (χ0n) is 25.9. The Morgan fingerprint density at radius 2 is 1.58 bits per heavy atom. The Morgan fingerprint density at radius 3 is 2.42 bits per heavy atom. The predicted molar refractivity (Wildman–Crippen MR) is 175 cm³/mol. The molecular formula is C36H48N4O3. The van der Waals surface area contributed by atoms with Crippen molar-refractivity contribution in [2.24, 2.45) is 0 Å². The Hall–Kier alpha value is -3.45. The minimum absolute atomic E-state index is 0.135. The van der Waals surface area contributed by atoms with Crippen molar-refractivity contribution in [1.29, 1.82) is 0 Å². The summed E-state index contributed by atoms with van der Waals surface area (Å²) in [6.07, 6.45) is 11.3. The first kappa shape index (κ1) is 31.0. The van der Waals surface area contributed by atoms with Crippen LogP contribution in [0.25, 0.3) is 10.8 Å². The average molecular weight is 585 g/mol. The highest BCUT2D eigenvalue weighted by Gasteiger charge is 2.31. The van der Waals surface area contributed by atoms with Crippen LogP contribution in [0, 0.1) is 0 Å². The van der Waals surface area contributed by atoms with E-state index in [-0.39, 0.29) is 11.8 Å². The fourth-order valence-electron chi connectivity index (χ4n) is 6.31. The van der Waals surface area contributed by atoms with Crippen LogP contribution in [0.5, 0.6) is 5.88 Å². The van der Waals surface area contributed by atoms with Crippen molar-refractivity contribution in [3.05, 3.63) is 60.2 Å². The first-order valence-electron chi connectivity index (χ1n) is 16.6. The molecule has 2 aliphatic rings. The molecule has 2 aromatic carbocycles. The third kappa shape index (κ3) is 8.35. The average Bonchev–Trinajstić information content (AvgIpc) is 3.04. The number of carbonyl (C=O) groups is 2. The van der Waals surface area contributed by atoms with Gasteiger partial charge in [0.1, 0.15) is 5.82 Å². The quantitative estimate of drug-likeness (QED) is 0.177. The molecule has 3 aromatic rings. The highest BCUT2D eigenvalue weighted by atomic mass is 16.5. The standard InChI is InChI=1S/C36H48N4O3/c1-2-3-4-5-6-7-8-18-34(41)40-35(42)22-20-30-19-21-33(37-36(30)40)43-28-12-11-23-38-24-26-39(27-25-38)32-17-13-15-29-14-9-10-16-31(29)32/h9-10,13-17,19,21H,2-8,11-12,18,20,22-28H2,1H3. The zero-order valence-corrected chi connectivity index (χ0v) is 25.9. The second-order valence-electron chi connectivity index (χ2n) is 12.0. The van der Waals surface area contributed by atoms with Gasteiger partial charge < -0.3 is 9.64 Å². The number of pyridine rings is 1. The molecule has 1 aromatic heterocycles. The van der Waals surface area contributed by atoms with Crippen LogP contribution in [0.3, 0.4) is 0 Å². The van der Waals surface area contributed by atoms with Crippen LogP contribution in [0.4, 0.5) is 11.5 Å². The van der Waals surface area contributed by atoms with Crippen LogP contribution in [0.2, 0.25) is 0 Å². The molecule has 5 rings (SSSR count). The Morgan fingerprint density at radius 1 is 0.814 bits per heavy atom. The molecule has 0 N–H and O–H groups in total. The Kier molecular flexibility index (Phi) is 11.4. The van der Waals surface area contributed by atoms with Gasteiger partial charge in [0.05, 0.1) is 6.61 Å². The Balaban J connectivity index is 1.03. The van der Waals surface area contributed by atoms with E-state index in [1.807, 2.05) is 12.1 Å². The van der Waals surface area contributed by atoms with Crippen molar-refractivity contribution in [1.82, 2.24) is 9.88 Å². The highest BCUT2D eigenvalue weighted by molar-refractivity contribution is 6.15. The molecule has 230 valence electrons. The molecule has 43 heavy (non-hydrogen) atoms. The van der Waals surface area contributed by atoms with E-state index in [9.17, 15) is 9.59 Å². The van der Waals surface area contributed by atoms with Gasteiger partial charge >= 0.3 is 0 Å². The van der Waals surface area contributed by atoms with Gasteiger partial charge in [0.15, 0.2) is 0 Å². The number of hydrogen-bond donors (Lipinski definition) is 0. The summed E-state index contributed by atoms with van der Waals surface area (Å²) in [5.41, 5.74) is 2.28. The van der Waals surface area contributed by atoms with Gasteiger partial charge in [-0.2, -0.15) is 4.98 Å². The SMILES string of the molecule is CCCCCCCCCC(=O)N1C(=O)CCc2ccc(OCCCCN3CCN(c4cccc5ccccc45)CC3)nc21. The molecule has 0 radical (unpaired) electrons. The number of benzene rings is 2. The van der Waals surface area contributed by atoms with Gasteiger partial charge in [-0.3, -0.25) is 14.5 Å². The molecule has 2 amide bonds. The van der Waals surface area contributed by atoms with E-state index in [4.69, 9.17) is 4.74 Å². The molecule has 0 atom stereocenters. The summed E-state index contributed by atoms with van der Waals surface area (Å²) in [5.74, 6) is 0.687. The summed E-state index contributed by atoms with van der Waals surface area (Å²) in [6.45, 7) is 8.04. The fourth-order valence-corrected chi connectivity index (χ4v) is 6.31.